The van der Waals surface area contributed by atoms with Gasteiger partial charge in [-0.25, -0.2) is 9.48 Å². The predicted octanol–water partition coefficient (Wildman–Crippen LogP) is 1.82. The third-order valence-corrected chi connectivity index (χ3v) is 3.20. The van der Waals surface area contributed by atoms with Crippen molar-refractivity contribution >= 4 is 6.09 Å². The molecule has 0 bridgehead atoms. The fourth-order valence-electron chi connectivity index (χ4n) is 2.26. The van der Waals surface area contributed by atoms with Gasteiger partial charge in [-0.05, 0) is 39.7 Å². The average molecular weight is 279 g/mol. The van der Waals surface area contributed by atoms with Crippen LogP contribution in [-0.4, -0.2) is 39.5 Å². The van der Waals surface area contributed by atoms with Crippen LogP contribution in [0.25, 0.3) is 0 Å². The van der Waals surface area contributed by atoms with Crippen LogP contribution in [-0.2, 0) is 4.74 Å². The standard InChI is InChI=1S/C14H21N3O3/c1-14(2,3)20-13(19)16-9-6-11(7-10-16)17-12(18)5-4-8-15-17/h4-5,8,11H,6-7,9-10H2,1-3H3. The molecule has 6 heteroatoms. The molecule has 1 aliphatic heterocycles. The summed E-state index contributed by atoms with van der Waals surface area (Å²) in [5.74, 6) is 0. The van der Waals surface area contributed by atoms with E-state index in [0.29, 0.717) is 13.1 Å². The number of carbonyl (C=O) groups excluding carboxylic acids is 1. The maximum atomic E-state index is 11.9. The second-order valence-electron chi connectivity index (χ2n) is 6.01. The van der Waals surface area contributed by atoms with E-state index in [1.165, 1.54) is 10.7 Å². The summed E-state index contributed by atoms with van der Waals surface area (Å²) in [5, 5.41) is 4.10. The Hall–Kier alpha value is -1.85. The number of rotatable bonds is 1. The maximum absolute atomic E-state index is 11.9. The fraction of sp³-hybridized carbons (Fsp3) is 0.643. The van der Waals surface area contributed by atoms with Gasteiger partial charge in [0.1, 0.15) is 5.60 Å². The topological polar surface area (TPSA) is 64.4 Å². The van der Waals surface area contributed by atoms with Gasteiger partial charge < -0.3 is 9.64 Å². The molecule has 0 aliphatic carbocycles. The van der Waals surface area contributed by atoms with E-state index in [1.807, 2.05) is 20.8 Å². The van der Waals surface area contributed by atoms with Crippen LogP contribution >= 0.6 is 0 Å². The van der Waals surface area contributed by atoms with Gasteiger partial charge in [-0.3, -0.25) is 4.79 Å². The highest BCUT2D eigenvalue weighted by molar-refractivity contribution is 5.68. The van der Waals surface area contributed by atoms with Crippen molar-refractivity contribution in [1.29, 1.82) is 0 Å². The van der Waals surface area contributed by atoms with Crippen molar-refractivity contribution in [3.63, 3.8) is 0 Å². The number of hydrogen-bond donors (Lipinski definition) is 0. The Kier molecular flexibility index (Phi) is 4.11. The van der Waals surface area contributed by atoms with Gasteiger partial charge in [-0.1, -0.05) is 0 Å². The molecule has 6 nitrogen and oxygen atoms in total. The van der Waals surface area contributed by atoms with E-state index in [9.17, 15) is 9.59 Å². The summed E-state index contributed by atoms with van der Waals surface area (Å²) < 4.78 is 6.85. The summed E-state index contributed by atoms with van der Waals surface area (Å²) in [6, 6.07) is 3.20. The van der Waals surface area contributed by atoms with E-state index in [0.717, 1.165) is 12.8 Å². The van der Waals surface area contributed by atoms with Gasteiger partial charge in [0.25, 0.3) is 5.56 Å². The monoisotopic (exact) mass is 279 g/mol. The Morgan fingerprint density at radius 1 is 1.35 bits per heavy atom. The quantitative estimate of drug-likeness (QED) is 0.786. The van der Waals surface area contributed by atoms with Crippen molar-refractivity contribution in [3.05, 3.63) is 28.7 Å². The zero-order valence-corrected chi connectivity index (χ0v) is 12.2. The summed E-state index contributed by atoms with van der Waals surface area (Å²) in [6.45, 7) is 6.73. The lowest BCUT2D eigenvalue weighted by Crippen LogP contribution is -2.43. The molecule has 1 amide bonds. The summed E-state index contributed by atoms with van der Waals surface area (Å²) in [5.41, 5.74) is -0.575. The van der Waals surface area contributed by atoms with Crippen molar-refractivity contribution < 1.29 is 9.53 Å². The first-order valence-electron chi connectivity index (χ1n) is 6.88. The van der Waals surface area contributed by atoms with Crippen molar-refractivity contribution in [3.8, 4) is 0 Å². The molecule has 0 radical (unpaired) electrons. The largest absolute Gasteiger partial charge is 0.444 e. The minimum atomic E-state index is -0.480. The lowest BCUT2D eigenvalue weighted by molar-refractivity contribution is 0.0183. The Morgan fingerprint density at radius 2 is 2.00 bits per heavy atom. The van der Waals surface area contributed by atoms with Crippen LogP contribution in [0.3, 0.4) is 0 Å². The number of hydrogen-bond acceptors (Lipinski definition) is 4. The molecule has 0 atom stereocenters. The molecule has 1 aliphatic rings. The van der Waals surface area contributed by atoms with Crippen molar-refractivity contribution in [2.24, 2.45) is 0 Å². The second kappa shape index (κ2) is 5.64. The third-order valence-electron chi connectivity index (χ3n) is 3.20. The van der Waals surface area contributed by atoms with Crippen LogP contribution in [0, 0.1) is 0 Å². The van der Waals surface area contributed by atoms with Crippen LogP contribution in [0.1, 0.15) is 39.7 Å². The molecule has 20 heavy (non-hydrogen) atoms. The van der Waals surface area contributed by atoms with E-state index in [-0.39, 0.29) is 17.7 Å². The summed E-state index contributed by atoms with van der Waals surface area (Å²) >= 11 is 0. The highest BCUT2D eigenvalue weighted by atomic mass is 16.6. The first-order valence-corrected chi connectivity index (χ1v) is 6.88. The summed E-state index contributed by atoms with van der Waals surface area (Å²) in [4.78, 5) is 25.4. The summed E-state index contributed by atoms with van der Waals surface area (Å²) in [6.07, 6.45) is 2.76. The molecule has 1 aromatic heterocycles. The third kappa shape index (κ3) is 3.59. The Labute approximate surface area is 118 Å². The smallest absolute Gasteiger partial charge is 0.410 e. The minimum absolute atomic E-state index is 0.0578. The van der Waals surface area contributed by atoms with Gasteiger partial charge >= 0.3 is 6.09 Å². The van der Waals surface area contributed by atoms with Gasteiger partial charge in [0, 0.05) is 25.4 Å². The molecule has 1 aromatic rings. The SMILES string of the molecule is CC(C)(C)OC(=O)N1CCC(n2ncccc2=O)CC1. The normalized spacial score (nSPS) is 17.1. The first-order chi connectivity index (χ1) is 9.37. The van der Waals surface area contributed by atoms with Gasteiger partial charge in [-0.15, -0.1) is 0 Å². The second-order valence-corrected chi connectivity index (χ2v) is 6.01. The minimum Gasteiger partial charge on any atom is -0.444 e. The predicted molar refractivity (Wildman–Crippen MR) is 74.6 cm³/mol. The van der Waals surface area contributed by atoms with Crippen LogP contribution in [0.2, 0.25) is 0 Å². The number of nitrogens with zero attached hydrogens (tertiary/aromatic N) is 3. The number of aromatic nitrogens is 2. The first kappa shape index (κ1) is 14.6. The van der Waals surface area contributed by atoms with Crippen LogP contribution in [0.4, 0.5) is 4.79 Å². The molecule has 1 saturated heterocycles. The molecule has 2 rings (SSSR count). The van der Waals surface area contributed by atoms with Crippen molar-refractivity contribution in [2.75, 3.05) is 13.1 Å². The summed E-state index contributed by atoms with van der Waals surface area (Å²) in [7, 11) is 0. The zero-order chi connectivity index (χ0) is 14.8. The molecule has 0 unspecified atom stereocenters. The van der Waals surface area contributed by atoms with Gasteiger partial charge in [0.15, 0.2) is 0 Å². The molecule has 0 N–H and O–H groups in total. The fourth-order valence-corrected chi connectivity index (χ4v) is 2.26. The molecule has 0 spiro atoms. The molecule has 110 valence electrons. The number of ether oxygens (including phenoxy) is 1. The molecule has 1 fully saturated rings. The van der Waals surface area contributed by atoms with E-state index >= 15 is 0 Å². The lowest BCUT2D eigenvalue weighted by atomic mass is 10.1. The van der Waals surface area contributed by atoms with Crippen LogP contribution in [0.5, 0.6) is 0 Å². The average Bonchev–Trinajstić information content (AvgIpc) is 2.37. The highest BCUT2D eigenvalue weighted by Crippen LogP contribution is 2.21. The van der Waals surface area contributed by atoms with Gasteiger partial charge in [0.2, 0.25) is 0 Å². The molecule has 0 aromatic carbocycles. The molecular formula is C14H21N3O3. The molecule has 2 heterocycles. The van der Waals surface area contributed by atoms with Crippen LogP contribution < -0.4 is 5.56 Å². The maximum Gasteiger partial charge on any atom is 0.410 e. The molecular weight excluding hydrogens is 258 g/mol. The highest BCUT2D eigenvalue weighted by Gasteiger charge is 2.28. The van der Waals surface area contributed by atoms with Crippen LogP contribution in [0.15, 0.2) is 23.1 Å². The number of carbonyl (C=O) groups is 1. The number of piperidine rings is 1. The Balaban J connectivity index is 1.95. The van der Waals surface area contributed by atoms with Crippen molar-refractivity contribution in [1.82, 2.24) is 14.7 Å². The number of amides is 1. The van der Waals surface area contributed by atoms with E-state index in [4.69, 9.17) is 4.74 Å². The number of likely N-dealkylation sites (tertiary alicyclic amines) is 1. The van der Waals surface area contributed by atoms with E-state index < -0.39 is 5.60 Å². The van der Waals surface area contributed by atoms with Gasteiger partial charge in [-0.2, -0.15) is 5.10 Å². The Morgan fingerprint density at radius 3 is 2.55 bits per heavy atom. The Bertz CT molecular complexity index is 525. The lowest BCUT2D eigenvalue weighted by Gasteiger charge is -2.33. The van der Waals surface area contributed by atoms with E-state index in [1.54, 1.807) is 17.2 Å². The van der Waals surface area contributed by atoms with Gasteiger partial charge in [0.05, 0.1) is 6.04 Å². The molecule has 0 saturated carbocycles. The van der Waals surface area contributed by atoms with Crippen molar-refractivity contribution in [2.45, 2.75) is 45.3 Å². The zero-order valence-electron chi connectivity index (χ0n) is 12.2. The van der Waals surface area contributed by atoms with E-state index in [2.05, 4.69) is 5.10 Å².